The molecule has 0 spiro atoms. The standard InChI is InChI=1S/C13H16F2N2O3/c14-10(15)7-20-12-9(3-1-6-16-12)11(18)17-8-13(19)4-2-5-13/h1,3,6,10,19H,2,4-5,7-8H2,(H,17,18). The molecule has 0 radical (unpaired) electrons. The fourth-order valence-electron chi connectivity index (χ4n) is 1.92. The molecule has 0 saturated heterocycles. The normalized spacial score (nSPS) is 16.6. The third-order valence-electron chi connectivity index (χ3n) is 3.22. The van der Waals surface area contributed by atoms with Crippen molar-refractivity contribution >= 4 is 5.91 Å². The lowest BCUT2D eigenvalue weighted by Crippen LogP contribution is -2.47. The molecule has 1 aromatic rings. The van der Waals surface area contributed by atoms with Crippen LogP contribution < -0.4 is 10.1 Å². The number of rotatable bonds is 6. The molecule has 5 nitrogen and oxygen atoms in total. The van der Waals surface area contributed by atoms with Crippen molar-refractivity contribution in [2.75, 3.05) is 13.2 Å². The quantitative estimate of drug-likeness (QED) is 0.828. The van der Waals surface area contributed by atoms with Crippen molar-refractivity contribution in [3.05, 3.63) is 23.9 Å². The Labute approximate surface area is 115 Å². The molecule has 1 fully saturated rings. The SMILES string of the molecule is O=C(NCC1(O)CCC1)c1cccnc1OCC(F)F. The van der Waals surface area contributed by atoms with Crippen LogP contribution in [0.15, 0.2) is 18.3 Å². The van der Waals surface area contributed by atoms with E-state index in [-0.39, 0.29) is 18.0 Å². The first-order valence-electron chi connectivity index (χ1n) is 6.37. The van der Waals surface area contributed by atoms with E-state index in [1.165, 1.54) is 18.3 Å². The maximum absolute atomic E-state index is 12.1. The van der Waals surface area contributed by atoms with E-state index < -0.39 is 24.5 Å². The molecule has 0 aromatic carbocycles. The first kappa shape index (κ1) is 14.6. The van der Waals surface area contributed by atoms with Crippen LogP contribution in [-0.2, 0) is 0 Å². The van der Waals surface area contributed by atoms with Gasteiger partial charge < -0.3 is 15.2 Å². The molecular weight excluding hydrogens is 270 g/mol. The van der Waals surface area contributed by atoms with Crippen LogP contribution in [-0.4, -0.2) is 41.2 Å². The molecule has 7 heteroatoms. The summed E-state index contributed by atoms with van der Waals surface area (Å²) in [6.07, 6.45) is 0.951. The van der Waals surface area contributed by atoms with E-state index in [4.69, 9.17) is 4.74 Å². The van der Waals surface area contributed by atoms with Gasteiger partial charge in [0.15, 0.2) is 6.61 Å². The minimum absolute atomic E-state index is 0.0797. The van der Waals surface area contributed by atoms with Crippen molar-refractivity contribution in [1.82, 2.24) is 10.3 Å². The van der Waals surface area contributed by atoms with Gasteiger partial charge in [0.1, 0.15) is 5.56 Å². The number of carbonyl (C=O) groups excluding carboxylic acids is 1. The number of carbonyl (C=O) groups is 1. The van der Waals surface area contributed by atoms with Crippen molar-refractivity contribution in [3.8, 4) is 5.88 Å². The summed E-state index contributed by atoms with van der Waals surface area (Å²) in [5.74, 6) is -0.631. The van der Waals surface area contributed by atoms with Gasteiger partial charge in [-0.3, -0.25) is 4.79 Å². The minimum Gasteiger partial charge on any atom is -0.471 e. The van der Waals surface area contributed by atoms with Crippen LogP contribution in [0.1, 0.15) is 29.6 Å². The molecule has 0 atom stereocenters. The summed E-state index contributed by atoms with van der Waals surface area (Å²) < 4.78 is 29.1. The van der Waals surface area contributed by atoms with Crippen molar-refractivity contribution in [2.24, 2.45) is 0 Å². The molecule has 1 aliphatic rings. The van der Waals surface area contributed by atoms with E-state index in [0.29, 0.717) is 12.8 Å². The number of nitrogens with zero attached hydrogens (tertiary/aromatic N) is 1. The van der Waals surface area contributed by atoms with E-state index in [1.807, 2.05) is 0 Å². The van der Waals surface area contributed by atoms with Gasteiger partial charge in [-0.1, -0.05) is 0 Å². The van der Waals surface area contributed by atoms with Gasteiger partial charge in [-0.05, 0) is 31.4 Å². The predicted molar refractivity (Wildman–Crippen MR) is 66.9 cm³/mol. The largest absolute Gasteiger partial charge is 0.471 e. The number of alkyl halides is 2. The van der Waals surface area contributed by atoms with Crippen molar-refractivity contribution in [3.63, 3.8) is 0 Å². The molecule has 1 saturated carbocycles. The van der Waals surface area contributed by atoms with Crippen LogP contribution in [0, 0.1) is 0 Å². The van der Waals surface area contributed by atoms with Crippen LogP contribution in [0.5, 0.6) is 5.88 Å². The number of ether oxygens (including phenoxy) is 1. The van der Waals surface area contributed by atoms with Gasteiger partial charge >= 0.3 is 0 Å². The molecule has 2 N–H and O–H groups in total. The molecule has 1 heterocycles. The topological polar surface area (TPSA) is 71.5 Å². The highest BCUT2D eigenvalue weighted by Crippen LogP contribution is 2.30. The van der Waals surface area contributed by atoms with E-state index in [1.54, 1.807) is 0 Å². The number of aromatic nitrogens is 1. The van der Waals surface area contributed by atoms with Crippen molar-refractivity contribution in [1.29, 1.82) is 0 Å². The second kappa shape index (κ2) is 6.13. The Morgan fingerprint density at radius 1 is 1.55 bits per heavy atom. The molecule has 0 bridgehead atoms. The van der Waals surface area contributed by atoms with Gasteiger partial charge in [-0.25, -0.2) is 13.8 Å². The lowest BCUT2D eigenvalue weighted by Gasteiger charge is -2.36. The summed E-state index contributed by atoms with van der Waals surface area (Å²) in [5, 5.41) is 12.5. The van der Waals surface area contributed by atoms with Gasteiger partial charge in [-0.15, -0.1) is 0 Å². The lowest BCUT2D eigenvalue weighted by atomic mass is 9.80. The van der Waals surface area contributed by atoms with E-state index in [9.17, 15) is 18.7 Å². The second-order valence-electron chi connectivity index (χ2n) is 4.82. The highest BCUT2D eigenvalue weighted by Gasteiger charge is 2.34. The maximum Gasteiger partial charge on any atom is 0.272 e. The number of aliphatic hydroxyl groups is 1. The summed E-state index contributed by atoms with van der Waals surface area (Å²) in [5.41, 5.74) is -0.766. The summed E-state index contributed by atoms with van der Waals surface area (Å²) in [4.78, 5) is 15.7. The van der Waals surface area contributed by atoms with E-state index >= 15 is 0 Å². The monoisotopic (exact) mass is 286 g/mol. The molecule has 2 rings (SSSR count). The second-order valence-corrected chi connectivity index (χ2v) is 4.82. The Kier molecular flexibility index (Phi) is 4.49. The lowest BCUT2D eigenvalue weighted by molar-refractivity contribution is -0.0300. The Hall–Kier alpha value is -1.76. The average Bonchev–Trinajstić information content (AvgIpc) is 2.40. The number of nitrogens with one attached hydrogen (secondary N) is 1. The summed E-state index contributed by atoms with van der Waals surface area (Å²) in [6, 6.07) is 2.95. The summed E-state index contributed by atoms with van der Waals surface area (Å²) in [7, 11) is 0. The number of hydrogen-bond donors (Lipinski definition) is 2. The van der Waals surface area contributed by atoms with Gasteiger partial charge in [0.25, 0.3) is 12.3 Å². The van der Waals surface area contributed by atoms with Crippen LogP contribution in [0.4, 0.5) is 8.78 Å². The zero-order valence-electron chi connectivity index (χ0n) is 10.8. The fraction of sp³-hybridized carbons (Fsp3) is 0.538. The molecule has 20 heavy (non-hydrogen) atoms. The number of amides is 1. The highest BCUT2D eigenvalue weighted by atomic mass is 19.3. The van der Waals surface area contributed by atoms with Crippen LogP contribution in [0.2, 0.25) is 0 Å². The Balaban J connectivity index is 1.97. The maximum atomic E-state index is 12.1. The average molecular weight is 286 g/mol. The minimum atomic E-state index is -2.64. The van der Waals surface area contributed by atoms with Crippen molar-refractivity contribution < 1.29 is 23.4 Å². The Bertz CT molecular complexity index is 478. The zero-order valence-corrected chi connectivity index (χ0v) is 10.8. The first-order chi connectivity index (χ1) is 9.50. The molecule has 0 unspecified atom stereocenters. The Morgan fingerprint density at radius 2 is 2.30 bits per heavy atom. The molecule has 1 aliphatic carbocycles. The highest BCUT2D eigenvalue weighted by molar-refractivity contribution is 5.96. The number of pyridine rings is 1. The molecule has 110 valence electrons. The third-order valence-corrected chi connectivity index (χ3v) is 3.22. The van der Waals surface area contributed by atoms with Gasteiger partial charge in [-0.2, -0.15) is 0 Å². The van der Waals surface area contributed by atoms with Crippen LogP contribution in [0.25, 0.3) is 0 Å². The van der Waals surface area contributed by atoms with Crippen LogP contribution >= 0.6 is 0 Å². The first-order valence-corrected chi connectivity index (χ1v) is 6.37. The fourth-order valence-corrected chi connectivity index (χ4v) is 1.92. The van der Waals surface area contributed by atoms with E-state index in [0.717, 1.165) is 6.42 Å². The molecule has 1 aromatic heterocycles. The van der Waals surface area contributed by atoms with Crippen LogP contribution in [0.3, 0.4) is 0 Å². The molecule has 0 aliphatic heterocycles. The summed E-state index contributed by atoms with van der Waals surface area (Å²) in [6.45, 7) is -0.684. The smallest absolute Gasteiger partial charge is 0.272 e. The predicted octanol–water partition coefficient (Wildman–Crippen LogP) is 1.37. The zero-order chi connectivity index (χ0) is 14.6. The molecular formula is C13H16F2N2O3. The molecule has 1 amide bonds. The van der Waals surface area contributed by atoms with Crippen molar-refractivity contribution in [2.45, 2.75) is 31.3 Å². The van der Waals surface area contributed by atoms with Gasteiger partial charge in [0, 0.05) is 12.7 Å². The van der Waals surface area contributed by atoms with Gasteiger partial charge in [0.05, 0.1) is 5.60 Å². The van der Waals surface area contributed by atoms with E-state index in [2.05, 4.69) is 10.3 Å². The number of halogens is 2. The summed E-state index contributed by atoms with van der Waals surface area (Å²) >= 11 is 0. The Morgan fingerprint density at radius 3 is 2.90 bits per heavy atom. The number of hydrogen-bond acceptors (Lipinski definition) is 4. The third kappa shape index (κ3) is 3.63. The van der Waals surface area contributed by atoms with Gasteiger partial charge in [0.2, 0.25) is 5.88 Å².